The van der Waals surface area contributed by atoms with Crippen molar-refractivity contribution in [2.24, 2.45) is 0 Å². The summed E-state index contributed by atoms with van der Waals surface area (Å²) in [5.74, 6) is -0.664. The molecule has 1 aromatic rings. The van der Waals surface area contributed by atoms with Crippen LogP contribution in [0.25, 0.3) is 0 Å². The predicted octanol–water partition coefficient (Wildman–Crippen LogP) is 2.12. The second-order valence-corrected chi connectivity index (χ2v) is 5.42. The maximum absolute atomic E-state index is 12.3. The molecule has 1 saturated carbocycles. The van der Waals surface area contributed by atoms with Crippen molar-refractivity contribution in [1.29, 1.82) is 0 Å². The van der Waals surface area contributed by atoms with Gasteiger partial charge in [-0.1, -0.05) is 19.3 Å². The molecule has 114 valence electrons. The first-order valence-corrected chi connectivity index (χ1v) is 7.07. The summed E-state index contributed by atoms with van der Waals surface area (Å²) in [4.78, 5) is 32.9. The molecule has 21 heavy (non-hydrogen) atoms. The van der Waals surface area contributed by atoms with Gasteiger partial charge in [-0.3, -0.25) is 10.1 Å². The third-order valence-electron chi connectivity index (χ3n) is 4.07. The molecule has 7 heteroatoms. The fourth-order valence-electron chi connectivity index (χ4n) is 2.88. The van der Waals surface area contributed by atoms with Crippen molar-refractivity contribution in [2.45, 2.75) is 44.1 Å². The van der Waals surface area contributed by atoms with Crippen LogP contribution >= 0.6 is 0 Å². The number of urea groups is 1. The number of nitrogens with zero attached hydrogens (tertiary/aromatic N) is 3. The third-order valence-corrected chi connectivity index (χ3v) is 4.07. The van der Waals surface area contributed by atoms with Gasteiger partial charge in [0.15, 0.2) is 0 Å². The van der Waals surface area contributed by atoms with E-state index in [0.29, 0.717) is 12.8 Å². The number of anilines is 1. The Morgan fingerprint density at radius 1 is 1.29 bits per heavy atom. The molecule has 1 fully saturated rings. The molecule has 1 aliphatic rings. The van der Waals surface area contributed by atoms with E-state index in [9.17, 15) is 9.59 Å². The fraction of sp³-hybridized carbons (Fsp3) is 0.571. The molecular formula is C14H20N4O3. The lowest BCUT2D eigenvalue weighted by Gasteiger charge is -2.43. The van der Waals surface area contributed by atoms with E-state index >= 15 is 0 Å². The van der Waals surface area contributed by atoms with Gasteiger partial charge in [-0.2, -0.15) is 0 Å². The second-order valence-electron chi connectivity index (χ2n) is 5.42. The summed E-state index contributed by atoms with van der Waals surface area (Å²) in [6.07, 6.45) is 7.41. The quantitative estimate of drug-likeness (QED) is 0.886. The topological polar surface area (TPSA) is 95.4 Å². The lowest BCUT2D eigenvalue weighted by molar-refractivity contribution is -0.140. The standard InChI is InChI=1S/C14H20N4O3/c1-18(13(21)17-12-15-8-5-9-16-12)14(10-11(19)20)6-3-2-4-7-14/h5,8-9H,2-4,6-7,10H2,1H3,(H,19,20)(H,15,16,17,21). The Bertz CT molecular complexity index is 500. The zero-order valence-electron chi connectivity index (χ0n) is 12.1. The molecular weight excluding hydrogens is 272 g/mol. The molecule has 2 rings (SSSR count). The third kappa shape index (κ3) is 3.68. The highest BCUT2D eigenvalue weighted by Gasteiger charge is 2.40. The van der Waals surface area contributed by atoms with Gasteiger partial charge < -0.3 is 10.0 Å². The predicted molar refractivity (Wildman–Crippen MR) is 76.9 cm³/mol. The summed E-state index contributed by atoms with van der Waals surface area (Å²) in [7, 11) is 1.65. The molecule has 0 atom stereocenters. The molecule has 0 spiro atoms. The molecule has 0 saturated heterocycles. The highest BCUT2D eigenvalue weighted by Crippen LogP contribution is 2.36. The Kier molecular flexibility index (Phi) is 4.72. The number of amides is 2. The number of hydrogen-bond acceptors (Lipinski definition) is 4. The van der Waals surface area contributed by atoms with E-state index in [1.165, 1.54) is 17.3 Å². The van der Waals surface area contributed by atoms with E-state index in [2.05, 4.69) is 15.3 Å². The molecule has 1 aliphatic carbocycles. The minimum absolute atomic E-state index is 0.0352. The highest BCUT2D eigenvalue weighted by atomic mass is 16.4. The van der Waals surface area contributed by atoms with E-state index in [-0.39, 0.29) is 18.4 Å². The number of carbonyl (C=O) groups excluding carboxylic acids is 1. The van der Waals surface area contributed by atoms with Gasteiger partial charge in [0, 0.05) is 19.4 Å². The van der Waals surface area contributed by atoms with Crippen molar-refractivity contribution in [1.82, 2.24) is 14.9 Å². The number of carboxylic acids is 1. The van der Waals surface area contributed by atoms with Gasteiger partial charge in [0.05, 0.1) is 12.0 Å². The molecule has 1 aromatic heterocycles. The minimum atomic E-state index is -0.882. The molecule has 1 heterocycles. The van der Waals surface area contributed by atoms with Crippen molar-refractivity contribution in [3.63, 3.8) is 0 Å². The Morgan fingerprint density at radius 3 is 2.48 bits per heavy atom. The largest absolute Gasteiger partial charge is 0.481 e. The lowest BCUT2D eigenvalue weighted by Crippen LogP contribution is -2.53. The molecule has 2 amide bonds. The number of carboxylic acid groups (broad SMARTS) is 1. The number of carbonyl (C=O) groups is 2. The minimum Gasteiger partial charge on any atom is -0.481 e. The van der Waals surface area contributed by atoms with Gasteiger partial charge in [0.1, 0.15) is 0 Å². The Labute approximate surface area is 123 Å². The smallest absolute Gasteiger partial charge is 0.324 e. The van der Waals surface area contributed by atoms with Gasteiger partial charge >= 0.3 is 12.0 Å². The average Bonchev–Trinajstić information content (AvgIpc) is 2.47. The summed E-state index contributed by atoms with van der Waals surface area (Å²) in [6, 6.07) is 1.29. The molecule has 0 aromatic carbocycles. The highest BCUT2D eigenvalue weighted by molar-refractivity contribution is 5.88. The van der Waals surface area contributed by atoms with Gasteiger partial charge in [0.2, 0.25) is 5.95 Å². The van der Waals surface area contributed by atoms with Crippen molar-refractivity contribution < 1.29 is 14.7 Å². The van der Waals surface area contributed by atoms with Crippen LogP contribution in [0.3, 0.4) is 0 Å². The number of hydrogen-bond donors (Lipinski definition) is 2. The van der Waals surface area contributed by atoms with E-state index in [1.807, 2.05) is 0 Å². The summed E-state index contributed by atoms with van der Waals surface area (Å²) in [5, 5.41) is 11.8. The second kappa shape index (κ2) is 6.51. The van der Waals surface area contributed by atoms with Crippen LogP contribution < -0.4 is 5.32 Å². The number of aliphatic carboxylic acids is 1. The molecule has 2 N–H and O–H groups in total. The van der Waals surface area contributed by atoms with Gasteiger partial charge in [-0.15, -0.1) is 0 Å². The SMILES string of the molecule is CN(C(=O)Nc1ncccn1)C1(CC(=O)O)CCCCC1. The van der Waals surface area contributed by atoms with Crippen LogP contribution in [-0.2, 0) is 4.79 Å². The van der Waals surface area contributed by atoms with Crippen LogP contribution in [0.4, 0.5) is 10.7 Å². The van der Waals surface area contributed by atoms with Crippen LogP contribution in [0.2, 0.25) is 0 Å². The first kappa shape index (κ1) is 15.2. The van der Waals surface area contributed by atoms with Crippen LogP contribution in [0.1, 0.15) is 38.5 Å². The van der Waals surface area contributed by atoms with Crippen LogP contribution in [0.15, 0.2) is 18.5 Å². The maximum atomic E-state index is 12.3. The molecule has 0 aliphatic heterocycles. The normalized spacial score (nSPS) is 17.0. The van der Waals surface area contributed by atoms with E-state index in [4.69, 9.17) is 5.11 Å². The Hall–Kier alpha value is -2.18. The number of rotatable bonds is 4. The van der Waals surface area contributed by atoms with Crippen molar-refractivity contribution in [3.8, 4) is 0 Å². The van der Waals surface area contributed by atoms with Crippen LogP contribution in [-0.4, -0.2) is 44.6 Å². The molecule has 0 unspecified atom stereocenters. The fourth-order valence-corrected chi connectivity index (χ4v) is 2.88. The summed E-state index contributed by atoms with van der Waals surface area (Å²) in [5.41, 5.74) is -0.622. The summed E-state index contributed by atoms with van der Waals surface area (Å²) < 4.78 is 0. The van der Waals surface area contributed by atoms with Gasteiger partial charge in [-0.05, 0) is 18.9 Å². The van der Waals surface area contributed by atoms with Crippen molar-refractivity contribution in [3.05, 3.63) is 18.5 Å². The maximum Gasteiger partial charge on any atom is 0.324 e. The zero-order chi connectivity index (χ0) is 15.3. The molecule has 0 radical (unpaired) electrons. The first-order valence-electron chi connectivity index (χ1n) is 7.07. The average molecular weight is 292 g/mol. The van der Waals surface area contributed by atoms with E-state index < -0.39 is 11.5 Å². The van der Waals surface area contributed by atoms with Gasteiger partial charge in [0.25, 0.3) is 0 Å². The first-order chi connectivity index (χ1) is 10.0. The van der Waals surface area contributed by atoms with Gasteiger partial charge in [-0.25, -0.2) is 14.8 Å². The summed E-state index contributed by atoms with van der Waals surface area (Å²) >= 11 is 0. The number of aromatic nitrogens is 2. The molecule has 7 nitrogen and oxygen atoms in total. The van der Waals surface area contributed by atoms with E-state index in [1.54, 1.807) is 13.1 Å². The van der Waals surface area contributed by atoms with Crippen molar-refractivity contribution in [2.75, 3.05) is 12.4 Å². The lowest BCUT2D eigenvalue weighted by atomic mass is 9.78. The monoisotopic (exact) mass is 292 g/mol. The Balaban J connectivity index is 2.11. The van der Waals surface area contributed by atoms with Crippen molar-refractivity contribution >= 4 is 17.9 Å². The summed E-state index contributed by atoms with van der Waals surface area (Å²) in [6.45, 7) is 0. The zero-order valence-corrected chi connectivity index (χ0v) is 12.1. The van der Waals surface area contributed by atoms with Crippen LogP contribution in [0.5, 0.6) is 0 Å². The Morgan fingerprint density at radius 2 is 1.90 bits per heavy atom. The van der Waals surface area contributed by atoms with Crippen LogP contribution in [0, 0.1) is 0 Å². The van der Waals surface area contributed by atoms with E-state index in [0.717, 1.165) is 19.3 Å². The molecule has 0 bridgehead atoms. The number of nitrogens with one attached hydrogen (secondary N) is 1.